The number of carbonyl (C=O) groups is 1. The van der Waals surface area contributed by atoms with Gasteiger partial charge in [0, 0.05) is 43.7 Å². The Balaban J connectivity index is 1.41. The number of rotatable bonds is 4. The van der Waals surface area contributed by atoms with Crippen LogP contribution in [0.3, 0.4) is 0 Å². The fourth-order valence-corrected chi connectivity index (χ4v) is 4.81. The molecule has 1 amide bonds. The molecule has 2 bridgehead atoms. The van der Waals surface area contributed by atoms with Crippen LogP contribution in [0.25, 0.3) is 0 Å². The van der Waals surface area contributed by atoms with Crippen molar-refractivity contribution in [3.05, 3.63) is 17.5 Å². The number of piperidine rings is 1. The fraction of sp³-hybridized carbons (Fsp3) is 0.722. The van der Waals surface area contributed by atoms with Crippen molar-refractivity contribution in [1.29, 1.82) is 0 Å². The van der Waals surface area contributed by atoms with Crippen LogP contribution in [0.2, 0.25) is 0 Å². The van der Waals surface area contributed by atoms with Crippen LogP contribution >= 0.6 is 0 Å². The van der Waals surface area contributed by atoms with Crippen LogP contribution in [-0.4, -0.2) is 50.9 Å². The van der Waals surface area contributed by atoms with Gasteiger partial charge in [0.1, 0.15) is 0 Å². The van der Waals surface area contributed by atoms with Gasteiger partial charge in [0.05, 0.1) is 11.4 Å². The predicted molar refractivity (Wildman–Crippen MR) is 91.0 cm³/mol. The van der Waals surface area contributed by atoms with Crippen LogP contribution in [-0.2, 0) is 16.7 Å². The molecule has 8 heteroatoms. The third-order valence-electron chi connectivity index (χ3n) is 5.87. The number of amides is 1. The van der Waals surface area contributed by atoms with Gasteiger partial charge in [-0.2, -0.15) is 5.10 Å². The van der Waals surface area contributed by atoms with Crippen molar-refractivity contribution < 1.29 is 18.4 Å². The topological polar surface area (TPSA) is 59.7 Å². The van der Waals surface area contributed by atoms with Crippen LogP contribution in [0.1, 0.15) is 49.8 Å². The summed E-state index contributed by atoms with van der Waals surface area (Å²) in [5, 5.41) is 8.42. The van der Waals surface area contributed by atoms with Crippen molar-refractivity contribution in [2.24, 2.45) is 18.1 Å². The van der Waals surface area contributed by atoms with Crippen LogP contribution < -0.4 is 0 Å². The molecule has 1 aromatic rings. The maximum absolute atomic E-state index is 13.0. The van der Waals surface area contributed by atoms with Gasteiger partial charge >= 0.3 is 0 Å². The lowest BCUT2D eigenvalue weighted by Crippen LogP contribution is -2.50. The molecule has 0 spiro atoms. The molecular formula is C18H24F2N4O2. The molecule has 4 heterocycles. The van der Waals surface area contributed by atoms with E-state index in [0.29, 0.717) is 19.3 Å². The second kappa shape index (κ2) is 6.63. The monoisotopic (exact) mass is 366 g/mol. The minimum Gasteiger partial charge on any atom is -0.382 e. The molecule has 0 saturated carbocycles. The summed E-state index contributed by atoms with van der Waals surface area (Å²) in [6.45, 7) is 1.90. The Hall–Kier alpha value is -1.99. The molecule has 1 aromatic heterocycles. The van der Waals surface area contributed by atoms with Crippen LogP contribution in [0.4, 0.5) is 8.78 Å². The first-order chi connectivity index (χ1) is 12.4. The van der Waals surface area contributed by atoms with E-state index < -0.39 is 12.5 Å². The first-order valence-corrected chi connectivity index (χ1v) is 9.26. The van der Waals surface area contributed by atoms with E-state index in [-0.39, 0.29) is 30.3 Å². The number of aryl methyl sites for hydroxylation is 2. The number of alkyl halides is 2. The Morgan fingerprint density at radius 2 is 2.04 bits per heavy atom. The van der Waals surface area contributed by atoms with Gasteiger partial charge in [0.15, 0.2) is 0 Å². The highest BCUT2D eigenvalue weighted by Crippen LogP contribution is 2.41. The first-order valence-electron chi connectivity index (χ1n) is 9.26. The highest BCUT2D eigenvalue weighted by atomic mass is 19.3. The summed E-state index contributed by atoms with van der Waals surface area (Å²) >= 11 is 0. The van der Waals surface area contributed by atoms with E-state index >= 15 is 0 Å². The van der Waals surface area contributed by atoms with Gasteiger partial charge in [0.2, 0.25) is 12.5 Å². The van der Waals surface area contributed by atoms with Gasteiger partial charge in [-0.1, -0.05) is 5.16 Å². The van der Waals surface area contributed by atoms with Crippen molar-refractivity contribution in [3.8, 4) is 0 Å². The second-order valence-corrected chi connectivity index (χ2v) is 7.73. The van der Waals surface area contributed by atoms with Crippen LogP contribution in [0.5, 0.6) is 0 Å². The lowest BCUT2D eigenvalue weighted by atomic mass is 9.88. The second-order valence-electron chi connectivity index (χ2n) is 7.73. The molecule has 0 N–H and O–H groups in total. The van der Waals surface area contributed by atoms with Crippen molar-refractivity contribution in [2.45, 2.75) is 70.1 Å². The van der Waals surface area contributed by atoms with Gasteiger partial charge in [-0.15, -0.1) is 0 Å². The zero-order chi connectivity index (χ0) is 18.4. The Morgan fingerprint density at radius 1 is 1.35 bits per heavy atom. The van der Waals surface area contributed by atoms with E-state index in [9.17, 15) is 13.6 Å². The Morgan fingerprint density at radius 3 is 2.62 bits per heavy atom. The molecule has 4 rings (SSSR count). The molecule has 2 fully saturated rings. The van der Waals surface area contributed by atoms with Gasteiger partial charge in [0.25, 0.3) is 5.91 Å². The number of aromatic nitrogens is 2. The molecule has 3 unspecified atom stereocenters. The highest BCUT2D eigenvalue weighted by molar-refractivity contribution is 6.04. The Labute approximate surface area is 151 Å². The summed E-state index contributed by atoms with van der Waals surface area (Å²) in [6, 6.07) is 0.135. The van der Waals surface area contributed by atoms with Crippen molar-refractivity contribution in [3.63, 3.8) is 0 Å². The summed E-state index contributed by atoms with van der Waals surface area (Å²) in [4.78, 5) is 20.4. The number of fused-ring (bicyclic) bond motifs is 2. The number of nitrogens with zero attached hydrogens (tertiary/aromatic N) is 4. The standard InChI is InChI=1S/C18H24F2N4O2/c1-10-14(9-23(2)21-10)15-8-16(26-22-15)18(25)24-12-3-4-13(24)6-11(5-12)7-17(19)20/h9,11-13,16-17H,3-8H2,1-2H3. The fourth-order valence-electron chi connectivity index (χ4n) is 4.81. The quantitative estimate of drug-likeness (QED) is 0.823. The predicted octanol–water partition coefficient (Wildman–Crippen LogP) is 2.65. The highest BCUT2D eigenvalue weighted by Gasteiger charge is 2.46. The van der Waals surface area contributed by atoms with Crippen molar-refractivity contribution in [1.82, 2.24) is 14.7 Å². The molecule has 0 radical (unpaired) electrons. The van der Waals surface area contributed by atoms with E-state index in [1.165, 1.54) is 0 Å². The van der Waals surface area contributed by atoms with E-state index in [0.717, 1.165) is 29.8 Å². The van der Waals surface area contributed by atoms with E-state index in [1.54, 1.807) is 4.68 Å². The van der Waals surface area contributed by atoms with Crippen molar-refractivity contribution >= 4 is 11.6 Å². The van der Waals surface area contributed by atoms with E-state index in [2.05, 4.69) is 10.3 Å². The summed E-state index contributed by atoms with van der Waals surface area (Å²) in [5.41, 5.74) is 2.51. The summed E-state index contributed by atoms with van der Waals surface area (Å²) in [7, 11) is 1.84. The molecular weight excluding hydrogens is 342 g/mol. The molecule has 3 atom stereocenters. The van der Waals surface area contributed by atoms with E-state index in [1.807, 2.05) is 25.1 Å². The average molecular weight is 366 g/mol. The van der Waals surface area contributed by atoms with Gasteiger partial charge in [-0.3, -0.25) is 9.48 Å². The normalized spacial score (nSPS) is 30.7. The average Bonchev–Trinajstić information content (AvgIpc) is 3.23. The smallest absolute Gasteiger partial charge is 0.267 e. The molecule has 26 heavy (non-hydrogen) atoms. The summed E-state index contributed by atoms with van der Waals surface area (Å²) in [6.07, 6.45) is 2.53. The van der Waals surface area contributed by atoms with Crippen LogP contribution in [0, 0.1) is 12.8 Å². The molecule has 2 saturated heterocycles. The number of oxime groups is 1. The lowest BCUT2D eigenvalue weighted by Gasteiger charge is -2.39. The third kappa shape index (κ3) is 3.10. The van der Waals surface area contributed by atoms with E-state index in [4.69, 9.17) is 4.84 Å². The number of hydrogen-bond donors (Lipinski definition) is 0. The zero-order valence-corrected chi connectivity index (χ0v) is 15.1. The maximum atomic E-state index is 13.0. The molecule has 0 aliphatic carbocycles. The molecule has 3 aliphatic rings. The number of hydrogen-bond acceptors (Lipinski definition) is 4. The van der Waals surface area contributed by atoms with Gasteiger partial charge in [-0.05, 0) is 38.5 Å². The van der Waals surface area contributed by atoms with Gasteiger partial charge < -0.3 is 9.74 Å². The first kappa shape index (κ1) is 17.4. The SMILES string of the molecule is Cc1nn(C)cc1C1=NOC(C(=O)N2C3CCC2CC(CC(F)F)C3)C1. The molecule has 0 aromatic carbocycles. The van der Waals surface area contributed by atoms with Crippen LogP contribution in [0.15, 0.2) is 11.4 Å². The van der Waals surface area contributed by atoms with Crippen molar-refractivity contribution in [2.75, 3.05) is 0 Å². The third-order valence-corrected chi connectivity index (χ3v) is 5.87. The summed E-state index contributed by atoms with van der Waals surface area (Å²) < 4.78 is 27.1. The minimum atomic E-state index is -2.27. The minimum absolute atomic E-state index is 0.0194. The zero-order valence-electron chi connectivity index (χ0n) is 15.1. The molecule has 142 valence electrons. The molecule has 3 aliphatic heterocycles. The largest absolute Gasteiger partial charge is 0.382 e. The Bertz CT molecular complexity index is 719. The Kier molecular flexibility index (Phi) is 4.44. The molecule has 6 nitrogen and oxygen atoms in total. The maximum Gasteiger partial charge on any atom is 0.267 e. The number of halogens is 2. The number of carbonyl (C=O) groups excluding carboxylic acids is 1. The van der Waals surface area contributed by atoms with Gasteiger partial charge in [-0.25, -0.2) is 8.78 Å². The summed E-state index contributed by atoms with van der Waals surface area (Å²) in [5.74, 6) is -0.0285. The lowest BCUT2D eigenvalue weighted by molar-refractivity contribution is -0.147.